The lowest BCUT2D eigenvalue weighted by molar-refractivity contribution is 0.313. The third-order valence-corrected chi connectivity index (χ3v) is 5.59. The molecule has 0 aliphatic heterocycles. The van der Waals surface area contributed by atoms with E-state index < -0.39 is 0 Å². The molecular weight excluding hydrogens is 342 g/mol. The summed E-state index contributed by atoms with van der Waals surface area (Å²) in [7, 11) is 1.63. The van der Waals surface area contributed by atoms with Crippen molar-refractivity contribution in [3.8, 4) is 11.5 Å². The second kappa shape index (κ2) is 7.27. The number of ether oxygens (including phenoxy) is 2. The van der Waals surface area contributed by atoms with Crippen molar-refractivity contribution in [1.29, 1.82) is 0 Å². The summed E-state index contributed by atoms with van der Waals surface area (Å²) >= 11 is 3.19. The number of para-hydroxylation sites is 2. The maximum Gasteiger partial charge on any atom is 0.191 e. The number of rotatable bonds is 6. The number of hydrogen-bond donors (Lipinski definition) is 1. The molecule has 7 heteroatoms. The molecule has 2 aromatic heterocycles. The van der Waals surface area contributed by atoms with Crippen LogP contribution in [0.3, 0.4) is 0 Å². The van der Waals surface area contributed by atoms with E-state index in [1.807, 2.05) is 24.3 Å². The van der Waals surface area contributed by atoms with Crippen LogP contribution in [0.15, 0.2) is 29.4 Å². The fourth-order valence-corrected chi connectivity index (χ4v) is 4.11. The largest absolute Gasteiger partial charge is 0.493 e. The zero-order valence-electron chi connectivity index (χ0n) is 13.8. The fourth-order valence-electron chi connectivity index (χ4n) is 2.35. The molecule has 0 aliphatic rings. The molecule has 126 valence electrons. The van der Waals surface area contributed by atoms with Gasteiger partial charge in [0.05, 0.1) is 19.1 Å². The van der Waals surface area contributed by atoms with E-state index in [-0.39, 0.29) is 0 Å². The van der Waals surface area contributed by atoms with Crippen LogP contribution in [0.25, 0.3) is 10.2 Å². The topological polar surface area (TPSA) is 70.3 Å². The van der Waals surface area contributed by atoms with E-state index in [9.17, 15) is 0 Å². The van der Waals surface area contributed by atoms with Crippen LogP contribution in [0, 0.1) is 13.8 Å². The molecular formula is C17H19N3O2S2. The first-order valence-corrected chi connectivity index (χ1v) is 9.32. The summed E-state index contributed by atoms with van der Waals surface area (Å²) < 4.78 is 11.0. The minimum Gasteiger partial charge on any atom is -0.493 e. The lowest BCUT2D eigenvalue weighted by atomic mass is 10.2. The lowest BCUT2D eigenvalue weighted by Crippen LogP contribution is -2.03. The van der Waals surface area contributed by atoms with E-state index >= 15 is 0 Å². The van der Waals surface area contributed by atoms with Gasteiger partial charge in [-0.3, -0.25) is 0 Å². The molecule has 0 bridgehead atoms. The van der Waals surface area contributed by atoms with Gasteiger partial charge in [0.2, 0.25) is 0 Å². The third-order valence-electron chi connectivity index (χ3n) is 3.68. The first kappa shape index (κ1) is 16.9. The number of thiophene rings is 1. The number of benzene rings is 1. The Morgan fingerprint density at radius 2 is 1.92 bits per heavy atom. The summed E-state index contributed by atoms with van der Waals surface area (Å²) in [6, 6.07) is 7.60. The van der Waals surface area contributed by atoms with Crippen LogP contribution in [0.1, 0.15) is 10.4 Å². The van der Waals surface area contributed by atoms with Crippen LogP contribution in [0.5, 0.6) is 11.5 Å². The molecule has 0 atom stereocenters. The summed E-state index contributed by atoms with van der Waals surface area (Å²) in [5.74, 6) is 2.75. The highest BCUT2D eigenvalue weighted by molar-refractivity contribution is 7.99. The van der Waals surface area contributed by atoms with Gasteiger partial charge in [0.25, 0.3) is 0 Å². The quantitative estimate of drug-likeness (QED) is 0.405. The standard InChI is InChI=1S/C17H19N3O2S2/c1-10-11(2)24-16-14(10)15(18)19-17(20-16)23-9-8-22-13-7-5-4-6-12(13)21-3/h4-7H,8-9H2,1-3H3,(H2,18,19,20). The molecule has 0 fully saturated rings. The Bertz CT molecular complexity index is 864. The number of nitrogens with two attached hydrogens (primary N) is 1. The van der Waals surface area contributed by atoms with Gasteiger partial charge in [-0.15, -0.1) is 11.3 Å². The van der Waals surface area contributed by atoms with Crippen LogP contribution < -0.4 is 15.2 Å². The zero-order chi connectivity index (χ0) is 17.1. The normalized spacial score (nSPS) is 11.0. The van der Waals surface area contributed by atoms with E-state index in [0.29, 0.717) is 17.6 Å². The second-order valence-electron chi connectivity index (χ2n) is 5.20. The second-order valence-corrected chi connectivity index (χ2v) is 7.47. The van der Waals surface area contributed by atoms with E-state index in [4.69, 9.17) is 15.2 Å². The molecule has 24 heavy (non-hydrogen) atoms. The summed E-state index contributed by atoms with van der Waals surface area (Å²) in [5, 5.41) is 1.66. The number of methoxy groups -OCH3 is 1. The molecule has 0 amide bonds. The van der Waals surface area contributed by atoms with Gasteiger partial charge < -0.3 is 15.2 Å². The number of aryl methyl sites for hydroxylation is 2. The average Bonchev–Trinajstić information content (AvgIpc) is 2.86. The molecule has 3 aromatic rings. The van der Waals surface area contributed by atoms with Crippen LogP contribution in [0.2, 0.25) is 0 Å². The number of nitrogens with zero attached hydrogens (tertiary/aromatic N) is 2. The Morgan fingerprint density at radius 1 is 1.17 bits per heavy atom. The first-order chi connectivity index (χ1) is 11.6. The smallest absolute Gasteiger partial charge is 0.191 e. The maximum absolute atomic E-state index is 6.10. The lowest BCUT2D eigenvalue weighted by Gasteiger charge is -2.09. The molecule has 2 N–H and O–H groups in total. The molecule has 0 saturated heterocycles. The van der Waals surface area contributed by atoms with Crippen molar-refractivity contribution >= 4 is 39.1 Å². The fraction of sp³-hybridized carbons (Fsp3) is 0.294. The van der Waals surface area contributed by atoms with Crippen LogP contribution in [-0.4, -0.2) is 29.4 Å². The van der Waals surface area contributed by atoms with Gasteiger partial charge in [0.15, 0.2) is 16.7 Å². The Balaban J connectivity index is 1.64. The number of hydrogen-bond acceptors (Lipinski definition) is 7. The predicted molar refractivity (Wildman–Crippen MR) is 101 cm³/mol. The number of fused-ring (bicyclic) bond motifs is 1. The molecule has 0 unspecified atom stereocenters. The monoisotopic (exact) mass is 361 g/mol. The number of thioether (sulfide) groups is 1. The molecule has 0 aliphatic carbocycles. The molecule has 1 aromatic carbocycles. The van der Waals surface area contributed by atoms with Crippen LogP contribution in [-0.2, 0) is 0 Å². The van der Waals surface area contributed by atoms with Crippen molar-refractivity contribution in [2.24, 2.45) is 0 Å². The SMILES string of the molecule is COc1ccccc1OCCSc1nc(N)c2c(C)c(C)sc2n1. The number of anilines is 1. The van der Waals surface area contributed by atoms with Crippen molar-refractivity contribution in [2.45, 2.75) is 19.0 Å². The third kappa shape index (κ3) is 3.42. The van der Waals surface area contributed by atoms with Crippen molar-refractivity contribution in [1.82, 2.24) is 9.97 Å². The Labute approximate surface area is 149 Å². The van der Waals surface area contributed by atoms with E-state index in [2.05, 4.69) is 23.8 Å². The van der Waals surface area contributed by atoms with E-state index in [0.717, 1.165) is 27.5 Å². The maximum atomic E-state index is 6.10. The zero-order valence-corrected chi connectivity index (χ0v) is 15.5. The summed E-state index contributed by atoms with van der Waals surface area (Å²) in [4.78, 5) is 11.2. The number of nitrogen functional groups attached to an aromatic ring is 1. The van der Waals surface area contributed by atoms with Gasteiger partial charge in [0.1, 0.15) is 10.6 Å². The summed E-state index contributed by atoms with van der Waals surface area (Å²) in [6.07, 6.45) is 0. The number of aromatic nitrogens is 2. The average molecular weight is 361 g/mol. The Hall–Kier alpha value is -1.99. The Kier molecular flexibility index (Phi) is 5.11. The van der Waals surface area contributed by atoms with Crippen molar-refractivity contribution in [3.05, 3.63) is 34.7 Å². The molecule has 0 radical (unpaired) electrons. The minimum atomic E-state index is 0.537. The summed E-state index contributed by atoms with van der Waals surface area (Å²) in [6.45, 7) is 4.67. The highest BCUT2D eigenvalue weighted by Gasteiger charge is 2.13. The predicted octanol–water partition coefficient (Wildman–Crippen LogP) is 4.07. The van der Waals surface area contributed by atoms with Gasteiger partial charge in [-0.1, -0.05) is 23.9 Å². The molecule has 5 nitrogen and oxygen atoms in total. The molecule has 2 heterocycles. The van der Waals surface area contributed by atoms with Gasteiger partial charge >= 0.3 is 0 Å². The highest BCUT2D eigenvalue weighted by atomic mass is 32.2. The first-order valence-electron chi connectivity index (χ1n) is 7.52. The minimum absolute atomic E-state index is 0.537. The van der Waals surface area contributed by atoms with Crippen molar-refractivity contribution < 1.29 is 9.47 Å². The van der Waals surface area contributed by atoms with Crippen molar-refractivity contribution in [2.75, 3.05) is 25.2 Å². The van der Waals surface area contributed by atoms with E-state index in [1.54, 1.807) is 18.4 Å². The van der Waals surface area contributed by atoms with Gasteiger partial charge in [-0.25, -0.2) is 9.97 Å². The van der Waals surface area contributed by atoms with Crippen LogP contribution >= 0.6 is 23.1 Å². The van der Waals surface area contributed by atoms with Gasteiger partial charge in [0, 0.05) is 10.6 Å². The molecule has 3 rings (SSSR count). The Morgan fingerprint density at radius 3 is 2.67 bits per heavy atom. The van der Waals surface area contributed by atoms with Gasteiger partial charge in [-0.05, 0) is 31.5 Å². The van der Waals surface area contributed by atoms with E-state index in [1.165, 1.54) is 22.2 Å². The summed E-state index contributed by atoms with van der Waals surface area (Å²) in [5.41, 5.74) is 7.27. The highest BCUT2D eigenvalue weighted by Crippen LogP contribution is 2.33. The van der Waals surface area contributed by atoms with Gasteiger partial charge in [-0.2, -0.15) is 0 Å². The van der Waals surface area contributed by atoms with Crippen molar-refractivity contribution in [3.63, 3.8) is 0 Å². The molecule has 0 spiro atoms. The molecule has 0 saturated carbocycles. The van der Waals surface area contributed by atoms with Crippen LogP contribution in [0.4, 0.5) is 5.82 Å².